The predicted molar refractivity (Wildman–Crippen MR) is 98.1 cm³/mol. The van der Waals surface area contributed by atoms with Crippen molar-refractivity contribution in [3.63, 3.8) is 0 Å². The van der Waals surface area contributed by atoms with E-state index >= 15 is 0 Å². The van der Waals surface area contributed by atoms with Gasteiger partial charge >= 0.3 is 12.2 Å². The molecule has 2 rings (SSSR count). The van der Waals surface area contributed by atoms with Gasteiger partial charge in [-0.05, 0) is 84.1 Å². The van der Waals surface area contributed by atoms with Crippen molar-refractivity contribution in [1.29, 1.82) is 5.26 Å². The van der Waals surface area contributed by atoms with Crippen LogP contribution in [0.5, 0.6) is 0 Å². The van der Waals surface area contributed by atoms with Gasteiger partial charge in [-0.3, -0.25) is 0 Å². The van der Waals surface area contributed by atoms with Crippen LogP contribution < -0.4 is 4.90 Å². The Morgan fingerprint density at radius 2 is 1.54 bits per heavy atom. The molecule has 0 heterocycles. The van der Waals surface area contributed by atoms with Gasteiger partial charge in [-0.15, -0.1) is 0 Å². The standard InChI is InChI=1S/C20H26N2O4/c1-19(2,3)25-17(23)22(18(24)26-20(4,5)6)15-10-9-14(12-21)16(11-15)13-7-8-13/h9-11,13H,7-8H2,1-6H3. The molecule has 0 atom stereocenters. The second kappa shape index (κ2) is 6.99. The maximum absolute atomic E-state index is 12.7. The van der Waals surface area contributed by atoms with E-state index in [-0.39, 0.29) is 0 Å². The fraction of sp³-hybridized carbons (Fsp3) is 0.550. The van der Waals surface area contributed by atoms with Crippen LogP contribution in [0.15, 0.2) is 18.2 Å². The maximum atomic E-state index is 12.7. The first-order chi connectivity index (χ1) is 11.9. The summed E-state index contributed by atoms with van der Waals surface area (Å²) in [6.45, 7) is 10.4. The maximum Gasteiger partial charge on any atom is 0.424 e. The van der Waals surface area contributed by atoms with Crippen LogP contribution in [-0.2, 0) is 9.47 Å². The van der Waals surface area contributed by atoms with Crippen molar-refractivity contribution in [2.75, 3.05) is 4.90 Å². The Morgan fingerprint density at radius 1 is 1.04 bits per heavy atom. The van der Waals surface area contributed by atoms with Gasteiger partial charge in [0.1, 0.15) is 11.2 Å². The van der Waals surface area contributed by atoms with Crippen molar-refractivity contribution in [3.8, 4) is 6.07 Å². The van der Waals surface area contributed by atoms with Crippen LogP contribution in [-0.4, -0.2) is 23.4 Å². The molecular formula is C20H26N2O4. The monoisotopic (exact) mass is 358 g/mol. The van der Waals surface area contributed by atoms with E-state index in [1.54, 1.807) is 59.7 Å². The third-order valence-electron chi connectivity index (χ3n) is 3.58. The smallest absolute Gasteiger partial charge is 0.424 e. The highest BCUT2D eigenvalue weighted by molar-refractivity contribution is 6.09. The van der Waals surface area contributed by atoms with Crippen LogP contribution in [0.25, 0.3) is 0 Å². The number of ether oxygens (including phenoxy) is 2. The Bertz CT molecular complexity index is 719. The number of imide groups is 1. The summed E-state index contributed by atoms with van der Waals surface area (Å²) in [5.74, 6) is 0.295. The number of nitriles is 1. The molecular weight excluding hydrogens is 332 g/mol. The van der Waals surface area contributed by atoms with Gasteiger partial charge in [0, 0.05) is 0 Å². The second-order valence-corrected chi connectivity index (χ2v) is 8.45. The van der Waals surface area contributed by atoms with Crippen molar-refractivity contribution in [3.05, 3.63) is 29.3 Å². The minimum Gasteiger partial charge on any atom is -0.443 e. The first kappa shape index (κ1) is 19.8. The normalized spacial score (nSPS) is 14.3. The average Bonchev–Trinajstić information content (AvgIpc) is 3.27. The zero-order chi connectivity index (χ0) is 19.7. The molecule has 0 N–H and O–H groups in total. The first-order valence-electron chi connectivity index (χ1n) is 8.71. The number of nitrogens with zero attached hydrogens (tertiary/aromatic N) is 2. The van der Waals surface area contributed by atoms with Crippen molar-refractivity contribution < 1.29 is 19.1 Å². The van der Waals surface area contributed by atoms with Crippen LogP contribution in [0.3, 0.4) is 0 Å². The fourth-order valence-electron chi connectivity index (χ4n) is 2.42. The minimum atomic E-state index is -0.807. The van der Waals surface area contributed by atoms with E-state index in [1.165, 1.54) is 0 Å². The molecule has 6 heteroatoms. The highest BCUT2D eigenvalue weighted by Crippen LogP contribution is 2.43. The second-order valence-electron chi connectivity index (χ2n) is 8.45. The molecule has 0 aliphatic heterocycles. The lowest BCUT2D eigenvalue weighted by Gasteiger charge is -2.28. The van der Waals surface area contributed by atoms with Crippen LogP contribution in [0, 0.1) is 11.3 Å². The van der Waals surface area contributed by atoms with Crippen LogP contribution in [0.4, 0.5) is 15.3 Å². The molecule has 140 valence electrons. The van der Waals surface area contributed by atoms with Gasteiger partial charge in [0.2, 0.25) is 0 Å². The number of carbonyl (C=O) groups is 2. The molecule has 1 aliphatic carbocycles. The molecule has 0 bridgehead atoms. The molecule has 0 unspecified atom stereocenters. The van der Waals surface area contributed by atoms with E-state index in [9.17, 15) is 14.9 Å². The topological polar surface area (TPSA) is 79.6 Å². The Balaban J connectivity index is 2.43. The van der Waals surface area contributed by atoms with Crippen molar-refractivity contribution in [1.82, 2.24) is 0 Å². The fourth-order valence-corrected chi connectivity index (χ4v) is 2.42. The third kappa shape index (κ3) is 5.22. The lowest BCUT2D eigenvalue weighted by molar-refractivity contribution is 0.0431. The summed E-state index contributed by atoms with van der Waals surface area (Å²) >= 11 is 0. The zero-order valence-electron chi connectivity index (χ0n) is 16.3. The van der Waals surface area contributed by atoms with Gasteiger partial charge < -0.3 is 9.47 Å². The Morgan fingerprint density at radius 3 is 1.92 bits per heavy atom. The van der Waals surface area contributed by atoms with Crippen LogP contribution >= 0.6 is 0 Å². The largest absolute Gasteiger partial charge is 0.443 e. The predicted octanol–water partition coefficient (Wildman–Crippen LogP) is 5.11. The quantitative estimate of drug-likeness (QED) is 0.733. The number of carbonyl (C=O) groups excluding carboxylic acids is 2. The number of anilines is 1. The molecule has 1 fully saturated rings. The Kier molecular flexibility index (Phi) is 5.31. The van der Waals surface area contributed by atoms with Crippen molar-refractivity contribution in [2.24, 2.45) is 0 Å². The lowest BCUT2D eigenvalue weighted by atomic mass is 10.0. The minimum absolute atomic E-state index is 0.295. The molecule has 1 saturated carbocycles. The van der Waals surface area contributed by atoms with Gasteiger partial charge in [0.25, 0.3) is 0 Å². The highest BCUT2D eigenvalue weighted by atomic mass is 16.6. The SMILES string of the molecule is CC(C)(C)OC(=O)N(C(=O)OC(C)(C)C)c1ccc(C#N)c(C2CC2)c1. The summed E-state index contributed by atoms with van der Waals surface area (Å²) in [4.78, 5) is 26.2. The molecule has 2 amide bonds. The van der Waals surface area contributed by atoms with Gasteiger partial charge in [-0.1, -0.05) is 0 Å². The molecule has 1 aliphatic rings. The molecule has 0 saturated heterocycles. The molecule has 1 aromatic carbocycles. The summed E-state index contributed by atoms with van der Waals surface area (Å²) in [6, 6.07) is 7.08. The molecule has 0 radical (unpaired) electrons. The van der Waals surface area contributed by atoms with Crippen molar-refractivity contribution in [2.45, 2.75) is 71.5 Å². The van der Waals surface area contributed by atoms with Gasteiger partial charge in [0.15, 0.2) is 0 Å². The number of benzene rings is 1. The number of rotatable bonds is 2. The Labute approximate surface area is 154 Å². The summed E-state index contributed by atoms with van der Waals surface area (Å²) < 4.78 is 10.8. The summed E-state index contributed by atoms with van der Waals surface area (Å²) in [6.07, 6.45) is 0.380. The van der Waals surface area contributed by atoms with Gasteiger partial charge in [-0.25, -0.2) is 9.59 Å². The molecule has 26 heavy (non-hydrogen) atoms. The van der Waals surface area contributed by atoms with E-state index in [1.807, 2.05) is 0 Å². The Hall–Kier alpha value is -2.55. The van der Waals surface area contributed by atoms with Gasteiger partial charge in [-0.2, -0.15) is 10.2 Å². The average molecular weight is 358 g/mol. The zero-order valence-corrected chi connectivity index (χ0v) is 16.3. The first-order valence-corrected chi connectivity index (χ1v) is 8.71. The highest BCUT2D eigenvalue weighted by Gasteiger charge is 2.34. The van der Waals surface area contributed by atoms with Crippen molar-refractivity contribution >= 4 is 17.9 Å². The van der Waals surface area contributed by atoms with Gasteiger partial charge in [0.05, 0.1) is 17.3 Å². The molecule has 0 spiro atoms. The third-order valence-corrected chi connectivity index (χ3v) is 3.58. The number of amides is 2. The van der Waals surface area contributed by atoms with Crippen LogP contribution in [0.1, 0.15) is 71.4 Å². The molecule has 0 aromatic heterocycles. The molecule has 1 aromatic rings. The summed E-state index contributed by atoms with van der Waals surface area (Å²) in [7, 11) is 0. The van der Waals surface area contributed by atoms with E-state index in [0.717, 1.165) is 23.3 Å². The number of hydrogen-bond acceptors (Lipinski definition) is 5. The number of hydrogen-bond donors (Lipinski definition) is 0. The van der Waals surface area contributed by atoms with Crippen LogP contribution in [0.2, 0.25) is 0 Å². The lowest BCUT2D eigenvalue weighted by Crippen LogP contribution is -2.43. The summed E-state index contributed by atoms with van der Waals surface area (Å²) in [5.41, 5.74) is 0.230. The van der Waals surface area contributed by atoms with E-state index in [0.29, 0.717) is 17.2 Å². The molecule has 6 nitrogen and oxygen atoms in total. The van der Waals surface area contributed by atoms with E-state index in [4.69, 9.17) is 9.47 Å². The van der Waals surface area contributed by atoms with E-state index < -0.39 is 23.4 Å². The summed E-state index contributed by atoms with van der Waals surface area (Å²) in [5, 5.41) is 9.30. The van der Waals surface area contributed by atoms with E-state index in [2.05, 4.69) is 6.07 Å².